The van der Waals surface area contributed by atoms with E-state index < -0.39 is 0 Å². The van der Waals surface area contributed by atoms with Crippen molar-refractivity contribution in [3.05, 3.63) is 65.1 Å². The number of aryl methyl sites for hydroxylation is 1. The number of hydrogen-bond donors (Lipinski definition) is 2. The highest BCUT2D eigenvalue weighted by Gasteiger charge is 2.18. The summed E-state index contributed by atoms with van der Waals surface area (Å²) in [5.74, 6) is 0.917. The van der Waals surface area contributed by atoms with Crippen LogP contribution in [0.2, 0.25) is 0 Å². The minimum Gasteiger partial charge on any atom is -0.411 e. The zero-order valence-electron chi connectivity index (χ0n) is 19.7. The second-order valence-electron chi connectivity index (χ2n) is 7.21. The first kappa shape index (κ1) is 24.8. The molecule has 2 heterocycles. The summed E-state index contributed by atoms with van der Waals surface area (Å²) in [6.45, 7) is 9.75. The average Bonchev–Trinajstić information content (AvgIpc) is 3.26. The van der Waals surface area contributed by atoms with Gasteiger partial charge in [-0.3, -0.25) is 15.0 Å². The summed E-state index contributed by atoms with van der Waals surface area (Å²) in [7, 11) is 1.90. The molecule has 0 unspecified atom stereocenters. The van der Waals surface area contributed by atoms with Gasteiger partial charge in [0, 0.05) is 43.4 Å². The third-order valence-electron chi connectivity index (χ3n) is 5.24. The van der Waals surface area contributed by atoms with E-state index in [9.17, 15) is 0 Å². The summed E-state index contributed by atoms with van der Waals surface area (Å²) >= 11 is 0. The van der Waals surface area contributed by atoms with E-state index in [1.807, 2.05) is 51.1 Å². The van der Waals surface area contributed by atoms with Gasteiger partial charge in [-0.05, 0) is 75.6 Å². The maximum atomic E-state index is 8.71. The minimum absolute atomic E-state index is 0.752. The van der Waals surface area contributed by atoms with E-state index in [4.69, 9.17) is 5.21 Å². The highest BCUT2D eigenvalue weighted by molar-refractivity contribution is 6.30. The van der Waals surface area contributed by atoms with Crippen molar-refractivity contribution in [3.63, 3.8) is 0 Å². The Morgan fingerprint density at radius 1 is 1.28 bits per heavy atom. The van der Waals surface area contributed by atoms with Crippen LogP contribution >= 0.6 is 0 Å². The van der Waals surface area contributed by atoms with Crippen molar-refractivity contribution < 1.29 is 5.21 Å². The molecule has 7 heteroatoms. The van der Waals surface area contributed by atoms with Crippen LogP contribution in [0.5, 0.6) is 0 Å². The zero-order chi connectivity index (χ0) is 23.3. The smallest absolute Gasteiger partial charge is 0.150 e. The molecule has 3 aliphatic rings. The Kier molecular flexibility index (Phi) is 10.1. The van der Waals surface area contributed by atoms with Crippen molar-refractivity contribution in [2.45, 2.75) is 40.5 Å². The molecule has 0 radical (unpaired) electrons. The standard InChI is InChI=1S/C11H13N3.C10H12N2O.C4H9N/c1-3-9(2)10-6-13-11-7-12-4-5-14(11)8-10;1-11-8-3-4-9-7(6-8)2-5-10(9)12-13;1-3-5-4-2/h3-5,7-8H,6H2,1-2H3;3-4,6,11,13H,2,5H2,1H3;3H,4H2,1-2H3/b9-3+;12-10+;. The van der Waals surface area contributed by atoms with E-state index in [0.29, 0.717) is 0 Å². The third-order valence-corrected chi connectivity index (χ3v) is 5.24. The number of oxime groups is 1. The van der Waals surface area contributed by atoms with Crippen LogP contribution in [0.4, 0.5) is 5.69 Å². The zero-order valence-corrected chi connectivity index (χ0v) is 19.7. The Balaban J connectivity index is 0.000000189. The first-order valence-corrected chi connectivity index (χ1v) is 10.9. The maximum absolute atomic E-state index is 8.71. The Morgan fingerprint density at radius 2 is 2.09 bits per heavy atom. The molecule has 1 aliphatic carbocycles. The van der Waals surface area contributed by atoms with Gasteiger partial charge in [0.2, 0.25) is 0 Å². The first-order chi connectivity index (χ1) is 15.6. The molecule has 0 saturated carbocycles. The SMILES string of the molecule is C/C=C(\C)C1=CN2C=CN=CC2=NC1.CC=NCC.CNc1ccc2c(c1)CC/C2=N\O. The van der Waals surface area contributed by atoms with Crippen LogP contribution in [0.1, 0.15) is 45.2 Å². The second kappa shape index (κ2) is 13.0. The fourth-order valence-electron chi connectivity index (χ4n) is 3.29. The van der Waals surface area contributed by atoms with E-state index in [0.717, 1.165) is 48.7 Å². The Bertz CT molecular complexity index is 982. The van der Waals surface area contributed by atoms with Gasteiger partial charge in [0.25, 0.3) is 0 Å². The Hall–Kier alpha value is -3.48. The Morgan fingerprint density at radius 3 is 2.72 bits per heavy atom. The number of nitrogens with zero attached hydrogens (tertiary/aromatic N) is 5. The van der Waals surface area contributed by atoms with E-state index in [1.165, 1.54) is 16.7 Å². The molecule has 1 aromatic carbocycles. The van der Waals surface area contributed by atoms with Crippen LogP contribution in [0.15, 0.2) is 74.2 Å². The van der Waals surface area contributed by atoms with Crippen LogP contribution in [-0.4, -0.2) is 54.2 Å². The minimum atomic E-state index is 0.752. The number of amidine groups is 1. The van der Waals surface area contributed by atoms with Gasteiger partial charge in [0.05, 0.1) is 18.5 Å². The number of aliphatic imine (C=N–C) groups is 3. The van der Waals surface area contributed by atoms with E-state index >= 15 is 0 Å². The number of allylic oxidation sites excluding steroid dienone is 1. The monoisotopic (exact) mass is 434 g/mol. The number of rotatable bonds is 3. The van der Waals surface area contributed by atoms with Gasteiger partial charge in [-0.15, -0.1) is 0 Å². The third kappa shape index (κ3) is 6.77. The van der Waals surface area contributed by atoms with Crippen LogP contribution in [0, 0.1) is 0 Å². The van der Waals surface area contributed by atoms with E-state index in [-0.39, 0.29) is 0 Å². The van der Waals surface area contributed by atoms with Crippen molar-refractivity contribution >= 4 is 29.7 Å². The van der Waals surface area contributed by atoms with Crippen molar-refractivity contribution in [3.8, 4) is 0 Å². The summed E-state index contributed by atoms with van der Waals surface area (Å²) in [6.07, 6.45) is 13.3. The lowest BCUT2D eigenvalue weighted by Gasteiger charge is -2.23. The maximum Gasteiger partial charge on any atom is 0.150 e. The number of hydrogen-bond acceptors (Lipinski definition) is 7. The molecule has 0 fully saturated rings. The summed E-state index contributed by atoms with van der Waals surface area (Å²) in [5.41, 5.74) is 6.80. The van der Waals surface area contributed by atoms with Gasteiger partial charge < -0.3 is 15.4 Å². The summed E-state index contributed by atoms with van der Waals surface area (Å²) in [6, 6.07) is 6.10. The van der Waals surface area contributed by atoms with Crippen molar-refractivity contribution in [1.29, 1.82) is 0 Å². The van der Waals surface area contributed by atoms with Crippen molar-refractivity contribution in [2.24, 2.45) is 20.1 Å². The molecule has 32 heavy (non-hydrogen) atoms. The fourth-order valence-corrected chi connectivity index (χ4v) is 3.29. The van der Waals surface area contributed by atoms with Crippen LogP contribution in [0.3, 0.4) is 0 Å². The molecule has 0 saturated heterocycles. The van der Waals surface area contributed by atoms with Crippen LogP contribution in [0.25, 0.3) is 0 Å². The second-order valence-corrected chi connectivity index (χ2v) is 7.21. The van der Waals surface area contributed by atoms with E-state index in [2.05, 4.69) is 50.7 Å². The Labute approximate surface area is 191 Å². The predicted molar refractivity (Wildman–Crippen MR) is 137 cm³/mol. The predicted octanol–water partition coefficient (Wildman–Crippen LogP) is 5.06. The lowest BCUT2D eigenvalue weighted by Crippen LogP contribution is -2.27. The molecule has 7 nitrogen and oxygen atoms in total. The molecule has 2 aliphatic heterocycles. The summed E-state index contributed by atoms with van der Waals surface area (Å²) in [4.78, 5) is 14.3. The molecule has 0 aromatic heterocycles. The number of benzene rings is 1. The number of anilines is 1. The summed E-state index contributed by atoms with van der Waals surface area (Å²) in [5, 5.41) is 15.1. The van der Waals surface area contributed by atoms with Gasteiger partial charge in [-0.2, -0.15) is 0 Å². The molecule has 0 bridgehead atoms. The quantitative estimate of drug-likeness (QED) is 0.396. The number of fused-ring (bicyclic) bond motifs is 2. The van der Waals surface area contributed by atoms with Gasteiger partial charge >= 0.3 is 0 Å². The van der Waals surface area contributed by atoms with Gasteiger partial charge in [0.15, 0.2) is 5.84 Å². The molecule has 2 N–H and O–H groups in total. The number of nitrogens with one attached hydrogen (secondary N) is 1. The molecule has 0 amide bonds. The van der Waals surface area contributed by atoms with Crippen LogP contribution in [-0.2, 0) is 6.42 Å². The van der Waals surface area contributed by atoms with Gasteiger partial charge in [-0.1, -0.05) is 17.3 Å². The fraction of sp³-hybridized carbons (Fsp3) is 0.360. The highest BCUT2D eigenvalue weighted by Crippen LogP contribution is 2.25. The summed E-state index contributed by atoms with van der Waals surface area (Å²) < 4.78 is 0. The lowest BCUT2D eigenvalue weighted by atomic mass is 10.1. The largest absolute Gasteiger partial charge is 0.411 e. The van der Waals surface area contributed by atoms with Gasteiger partial charge in [-0.25, -0.2) is 0 Å². The molecule has 0 spiro atoms. The van der Waals surface area contributed by atoms with E-state index in [1.54, 1.807) is 18.6 Å². The van der Waals surface area contributed by atoms with Crippen LogP contribution < -0.4 is 5.32 Å². The molecular formula is C25H34N6O. The van der Waals surface area contributed by atoms with Crippen molar-refractivity contribution in [1.82, 2.24) is 4.90 Å². The topological polar surface area (TPSA) is 84.9 Å². The normalized spacial score (nSPS) is 17.6. The lowest BCUT2D eigenvalue weighted by molar-refractivity contribution is 0.318. The average molecular weight is 435 g/mol. The molecule has 4 rings (SSSR count). The van der Waals surface area contributed by atoms with Crippen molar-refractivity contribution in [2.75, 3.05) is 25.5 Å². The molecule has 0 atom stereocenters. The highest BCUT2D eigenvalue weighted by atomic mass is 16.4. The molecular weight excluding hydrogens is 400 g/mol. The molecule has 170 valence electrons. The molecule has 1 aromatic rings. The van der Waals surface area contributed by atoms with Gasteiger partial charge in [0.1, 0.15) is 0 Å². The first-order valence-electron chi connectivity index (χ1n) is 10.9.